The van der Waals surface area contributed by atoms with Crippen molar-refractivity contribution in [3.63, 3.8) is 0 Å². The van der Waals surface area contributed by atoms with Crippen LogP contribution in [0.1, 0.15) is 24.2 Å². The van der Waals surface area contributed by atoms with Gasteiger partial charge in [-0.3, -0.25) is 4.68 Å². The summed E-state index contributed by atoms with van der Waals surface area (Å²) >= 11 is 0. The molecule has 10 heteroatoms. The van der Waals surface area contributed by atoms with Crippen LogP contribution >= 0.6 is 0 Å². The maximum atomic E-state index is 12.7. The van der Waals surface area contributed by atoms with Gasteiger partial charge in [-0.1, -0.05) is 6.92 Å². The SMILES string of the molecule is CCN(C)S(=O)(=O)c1c(C)nn(Cc2nnc(-c3ccc(OC)cc3)o2)c1C. The van der Waals surface area contributed by atoms with Crippen LogP contribution in [0.4, 0.5) is 0 Å². The van der Waals surface area contributed by atoms with Gasteiger partial charge in [-0.2, -0.15) is 5.10 Å². The number of aryl methyl sites for hydroxylation is 1. The summed E-state index contributed by atoms with van der Waals surface area (Å²) in [6.45, 7) is 5.74. The summed E-state index contributed by atoms with van der Waals surface area (Å²) in [5.74, 6) is 1.44. The summed E-state index contributed by atoms with van der Waals surface area (Å²) in [5, 5.41) is 12.5. The number of methoxy groups -OCH3 is 1. The molecule has 0 saturated carbocycles. The van der Waals surface area contributed by atoms with E-state index in [-0.39, 0.29) is 11.4 Å². The highest BCUT2D eigenvalue weighted by molar-refractivity contribution is 7.89. The van der Waals surface area contributed by atoms with E-state index in [0.717, 1.165) is 11.3 Å². The second kappa shape index (κ2) is 7.72. The zero-order valence-electron chi connectivity index (χ0n) is 16.5. The van der Waals surface area contributed by atoms with E-state index in [1.165, 1.54) is 4.31 Å². The van der Waals surface area contributed by atoms with E-state index in [1.807, 2.05) is 24.3 Å². The largest absolute Gasteiger partial charge is 0.497 e. The molecule has 0 aliphatic heterocycles. The molecule has 0 aliphatic rings. The summed E-state index contributed by atoms with van der Waals surface area (Å²) in [4.78, 5) is 0.215. The lowest BCUT2D eigenvalue weighted by molar-refractivity contribution is 0.414. The van der Waals surface area contributed by atoms with Crippen LogP contribution in [0, 0.1) is 13.8 Å². The van der Waals surface area contributed by atoms with Gasteiger partial charge in [-0.05, 0) is 38.1 Å². The molecule has 9 nitrogen and oxygen atoms in total. The molecule has 3 aromatic rings. The highest BCUT2D eigenvalue weighted by atomic mass is 32.2. The van der Waals surface area contributed by atoms with Crippen LogP contribution < -0.4 is 4.74 Å². The van der Waals surface area contributed by atoms with Crippen LogP contribution in [0.15, 0.2) is 33.6 Å². The first kappa shape index (κ1) is 20.0. The summed E-state index contributed by atoms with van der Waals surface area (Å²) in [6.07, 6.45) is 0. The second-order valence-electron chi connectivity index (χ2n) is 6.31. The topological polar surface area (TPSA) is 103 Å². The zero-order chi connectivity index (χ0) is 20.5. The molecule has 0 atom stereocenters. The Hall–Kier alpha value is -2.72. The van der Waals surface area contributed by atoms with Gasteiger partial charge in [0.2, 0.25) is 21.8 Å². The van der Waals surface area contributed by atoms with Crippen molar-refractivity contribution in [2.24, 2.45) is 0 Å². The Morgan fingerprint density at radius 2 is 1.86 bits per heavy atom. The fourth-order valence-electron chi connectivity index (χ4n) is 2.83. The van der Waals surface area contributed by atoms with E-state index < -0.39 is 10.0 Å². The fourth-order valence-corrected chi connectivity index (χ4v) is 4.37. The minimum Gasteiger partial charge on any atom is -0.497 e. The molecular formula is C18H23N5O4S. The number of rotatable bonds is 7. The number of benzene rings is 1. The van der Waals surface area contributed by atoms with E-state index in [2.05, 4.69) is 15.3 Å². The maximum Gasteiger partial charge on any atom is 0.247 e. The Bertz CT molecular complexity index is 1070. The highest BCUT2D eigenvalue weighted by Gasteiger charge is 2.28. The zero-order valence-corrected chi connectivity index (χ0v) is 17.3. The van der Waals surface area contributed by atoms with Crippen molar-refractivity contribution < 1.29 is 17.6 Å². The molecule has 0 aliphatic carbocycles. The minimum absolute atomic E-state index is 0.182. The van der Waals surface area contributed by atoms with Gasteiger partial charge in [-0.15, -0.1) is 10.2 Å². The monoisotopic (exact) mass is 405 g/mol. The molecule has 0 bridgehead atoms. The van der Waals surface area contributed by atoms with E-state index in [4.69, 9.17) is 9.15 Å². The van der Waals surface area contributed by atoms with E-state index in [0.29, 0.717) is 29.7 Å². The first-order valence-electron chi connectivity index (χ1n) is 8.75. The molecule has 0 N–H and O–H groups in total. The predicted molar refractivity (Wildman–Crippen MR) is 103 cm³/mol. The Labute approximate surface area is 164 Å². The van der Waals surface area contributed by atoms with Crippen molar-refractivity contribution in [2.45, 2.75) is 32.2 Å². The third kappa shape index (κ3) is 3.65. The molecule has 2 heterocycles. The van der Waals surface area contributed by atoms with Gasteiger partial charge in [0.05, 0.1) is 18.5 Å². The number of ether oxygens (including phenoxy) is 1. The van der Waals surface area contributed by atoms with Gasteiger partial charge in [0.1, 0.15) is 17.2 Å². The molecule has 0 radical (unpaired) electrons. The minimum atomic E-state index is -3.59. The molecule has 0 unspecified atom stereocenters. The average Bonchev–Trinajstić information content (AvgIpc) is 3.25. The first-order valence-corrected chi connectivity index (χ1v) is 10.2. The van der Waals surface area contributed by atoms with Gasteiger partial charge < -0.3 is 9.15 Å². The van der Waals surface area contributed by atoms with Gasteiger partial charge in [0.25, 0.3) is 0 Å². The Kier molecular flexibility index (Phi) is 5.52. The standard InChI is InChI=1S/C18H23N5O4S/c1-6-22(4)28(24,25)17-12(2)21-23(13(17)3)11-16-19-20-18(27-16)14-7-9-15(26-5)10-8-14/h7-10H,6,11H2,1-5H3. The number of sulfonamides is 1. The van der Waals surface area contributed by atoms with E-state index in [9.17, 15) is 8.42 Å². The summed E-state index contributed by atoms with van der Waals surface area (Å²) in [5.41, 5.74) is 1.73. The van der Waals surface area contributed by atoms with Crippen LogP contribution in [0.2, 0.25) is 0 Å². The lowest BCUT2D eigenvalue weighted by Crippen LogP contribution is -2.27. The summed E-state index contributed by atoms with van der Waals surface area (Å²) in [7, 11) is -0.450. The van der Waals surface area contributed by atoms with Gasteiger partial charge in [-0.25, -0.2) is 12.7 Å². The van der Waals surface area contributed by atoms with Crippen molar-refractivity contribution >= 4 is 10.0 Å². The third-order valence-electron chi connectivity index (χ3n) is 4.52. The fraction of sp³-hybridized carbons (Fsp3) is 0.389. The van der Waals surface area contributed by atoms with Crippen LogP contribution in [0.3, 0.4) is 0 Å². The molecule has 28 heavy (non-hydrogen) atoms. The number of hydrogen-bond acceptors (Lipinski definition) is 7. The molecular weight excluding hydrogens is 382 g/mol. The van der Waals surface area contributed by atoms with Crippen LogP contribution in [0.25, 0.3) is 11.5 Å². The van der Waals surface area contributed by atoms with Crippen molar-refractivity contribution in [2.75, 3.05) is 20.7 Å². The summed E-state index contributed by atoms with van der Waals surface area (Å²) in [6, 6.07) is 7.26. The quantitative estimate of drug-likeness (QED) is 0.594. The van der Waals surface area contributed by atoms with Gasteiger partial charge >= 0.3 is 0 Å². The van der Waals surface area contributed by atoms with Crippen LogP contribution in [0.5, 0.6) is 5.75 Å². The molecule has 1 aromatic carbocycles. The Morgan fingerprint density at radius 3 is 2.46 bits per heavy atom. The van der Waals surface area contributed by atoms with E-state index >= 15 is 0 Å². The van der Waals surface area contributed by atoms with Crippen LogP contribution in [-0.4, -0.2) is 53.4 Å². The van der Waals surface area contributed by atoms with Gasteiger partial charge in [0, 0.05) is 19.2 Å². The average molecular weight is 405 g/mol. The van der Waals surface area contributed by atoms with E-state index in [1.54, 1.807) is 39.6 Å². The maximum absolute atomic E-state index is 12.7. The number of nitrogens with zero attached hydrogens (tertiary/aromatic N) is 5. The number of hydrogen-bond donors (Lipinski definition) is 0. The van der Waals surface area contributed by atoms with Crippen molar-refractivity contribution in [1.82, 2.24) is 24.3 Å². The summed E-state index contributed by atoms with van der Waals surface area (Å²) < 4.78 is 39.2. The molecule has 0 saturated heterocycles. The normalized spacial score (nSPS) is 11.9. The second-order valence-corrected chi connectivity index (χ2v) is 8.29. The molecule has 0 amide bonds. The van der Waals surface area contributed by atoms with Crippen molar-refractivity contribution in [1.29, 1.82) is 0 Å². The predicted octanol–water partition coefficient (Wildman–Crippen LogP) is 2.25. The molecule has 0 fully saturated rings. The number of aromatic nitrogens is 4. The highest BCUT2D eigenvalue weighted by Crippen LogP contribution is 2.24. The molecule has 2 aromatic heterocycles. The molecule has 150 valence electrons. The molecule has 0 spiro atoms. The van der Waals surface area contributed by atoms with Crippen molar-refractivity contribution in [3.8, 4) is 17.2 Å². The smallest absolute Gasteiger partial charge is 0.247 e. The lowest BCUT2D eigenvalue weighted by atomic mass is 10.2. The Morgan fingerprint density at radius 1 is 1.18 bits per heavy atom. The third-order valence-corrected chi connectivity index (χ3v) is 6.70. The van der Waals surface area contributed by atoms with Gasteiger partial charge in [0.15, 0.2) is 0 Å². The lowest BCUT2D eigenvalue weighted by Gasteiger charge is -2.15. The first-order chi connectivity index (χ1) is 13.3. The van der Waals surface area contributed by atoms with Crippen LogP contribution in [-0.2, 0) is 16.6 Å². The Balaban J connectivity index is 1.87. The molecule has 3 rings (SSSR count). The van der Waals surface area contributed by atoms with Crippen molar-refractivity contribution in [3.05, 3.63) is 41.5 Å².